The fourth-order valence-corrected chi connectivity index (χ4v) is 2.17. The van der Waals surface area contributed by atoms with Crippen LogP contribution in [-0.2, 0) is 4.74 Å². The third kappa shape index (κ3) is 19.6. The van der Waals surface area contributed by atoms with Gasteiger partial charge in [0, 0.05) is 26.7 Å². The third-order valence-corrected chi connectivity index (χ3v) is 3.38. The summed E-state index contributed by atoms with van der Waals surface area (Å²) in [6.07, 6.45) is 5.82. The molecule has 0 aromatic heterocycles. The second-order valence-electron chi connectivity index (χ2n) is 7.43. The maximum Gasteiger partial charge on any atom is 0.407 e. The molecular formula is C18H40IN5O2. The lowest BCUT2D eigenvalue weighted by Crippen LogP contribution is -2.42. The lowest BCUT2D eigenvalue weighted by atomic mass is 10.1. The topological polar surface area (TPSA) is 78.0 Å². The first-order chi connectivity index (χ1) is 11.7. The second kappa shape index (κ2) is 16.4. The number of rotatable bonds is 11. The molecule has 1 amide bonds. The Morgan fingerprint density at radius 1 is 0.923 bits per heavy atom. The molecule has 0 bridgehead atoms. The lowest BCUT2D eigenvalue weighted by molar-refractivity contribution is 0.0529. The summed E-state index contributed by atoms with van der Waals surface area (Å²) in [5.74, 6) is 0.763. The summed E-state index contributed by atoms with van der Waals surface area (Å²) >= 11 is 0. The number of amides is 1. The number of unbranched alkanes of at least 4 members (excludes halogenated alkanes) is 4. The first-order valence-electron chi connectivity index (χ1n) is 9.30. The van der Waals surface area contributed by atoms with Crippen molar-refractivity contribution in [1.29, 1.82) is 0 Å². The number of nitrogens with zero attached hydrogens (tertiary/aromatic N) is 2. The number of nitrogens with one attached hydrogen (secondary N) is 3. The minimum absolute atomic E-state index is 0. The predicted molar refractivity (Wildman–Crippen MR) is 121 cm³/mol. The minimum atomic E-state index is -0.471. The molecule has 0 unspecified atom stereocenters. The molecule has 0 aliphatic rings. The van der Waals surface area contributed by atoms with Crippen LogP contribution in [0, 0.1) is 0 Å². The van der Waals surface area contributed by atoms with E-state index in [9.17, 15) is 4.79 Å². The van der Waals surface area contributed by atoms with Crippen LogP contribution < -0.4 is 16.0 Å². The van der Waals surface area contributed by atoms with Crippen molar-refractivity contribution >= 4 is 36.0 Å². The highest BCUT2D eigenvalue weighted by molar-refractivity contribution is 14.0. The summed E-state index contributed by atoms with van der Waals surface area (Å²) in [6.45, 7) is 8.71. The largest absolute Gasteiger partial charge is 0.444 e. The quantitative estimate of drug-likeness (QED) is 0.182. The molecule has 0 heterocycles. The number of ether oxygens (including phenoxy) is 1. The second-order valence-corrected chi connectivity index (χ2v) is 7.43. The van der Waals surface area contributed by atoms with Crippen molar-refractivity contribution in [2.45, 2.75) is 58.5 Å². The van der Waals surface area contributed by atoms with Crippen molar-refractivity contribution in [3.05, 3.63) is 0 Å². The molecule has 0 spiro atoms. The maximum atomic E-state index is 11.5. The van der Waals surface area contributed by atoms with Crippen LogP contribution in [0.1, 0.15) is 52.9 Å². The molecule has 3 N–H and O–H groups in total. The van der Waals surface area contributed by atoms with Crippen LogP contribution in [0.3, 0.4) is 0 Å². The maximum absolute atomic E-state index is 11.5. The number of alkyl carbamates (subject to hydrolysis) is 1. The summed E-state index contributed by atoms with van der Waals surface area (Å²) in [5.41, 5.74) is -0.471. The Morgan fingerprint density at radius 3 is 2.04 bits per heavy atom. The van der Waals surface area contributed by atoms with Crippen LogP contribution in [0.2, 0.25) is 0 Å². The van der Waals surface area contributed by atoms with Crippen LogP contribution >= 0.6 is 24.0 Å². The highest BCUT2D eigenvalue weighted by Gasteiger charge is 2.15. The normalized spacial score (nSPS) is 11.7. The van der Waals surface area contributed by atoms with E-state index >= 15 is 0 Å². The molecule has 0 fully saturated rings. The van der Waals surface area contributed by atoms with E-state index in [0.717, 1.165) is 18.9 Å². The molecule has 0 atom stereocenters. The summed E-state index contributed by atoms with van der Waals surface area (Å²) in [5, 5.41) is 9.18. The zero-order valence-corrected chi connectivity index (χ0v) is 19.8. The number of carbonyl (C=O) groups is 1. The summed E-state index contributed by atoms with van der Waals surface area (Å²) in [4.78, 5) is 17.9. The standard InChI is InChI=1S/C18H39N5O2.HI/c1-18(2,3)25-17(24)22-14-13-21-16(19-4)20-12-10-8-7-9-11-15-23(5)6;/h7-15H2,1-6H3,(H,22,24)(H2,19,20,21);1H. The number of hydrogen-bond donors (Lipinski definition) is 3. The van der Waals surface area contributed by atoms with Crippen molar-refractivity contribution < 1.29 is 9.53 Å². The molecule has 0 aliphatic carbocycles. The molecule has 0 aromatic carbocycles. The molecule has 0 saturated carbocycles. The molecule has 0 rings (SSSR count). The molecule has 0 aliphatic heterocycles. The average Bonchev–Trinajstić information content (AvgIpc) is 2.49. The Morgan fingerprint density at radius 2 is 1.46 bits per heavy atom. The van der Waals surface area contributed by atoms with E-state index in [2.05, 4.69) is 39.9 Å². The predicted octanol–water partition coefficient (Wildman–Crippen LogP) is 2.81. The molecule has 0 saturated heterocycles. The third-order valence-electron chi connectivity index (χ3n) is 3.38. The SMILES string of the molecule is CN=C(NCCCCCCCN(C)C)NCCNC(=O)OC(C)(C)C.I. The van der Waals surface area contributed by atoms with E-state index in [1.165, 1.54) is 32.2 Å². The number of hydrogen-bond acceptors (Lipinski definition) is 4. The van der Waals surface area contributed by atoms with Crippen LogP contribution in [0.4, 0.5) is 4.79 Å². The molecule has 8 heteroatoms. The Balaban J connectivity index is 0. The van der Waals surface area contributed by atoms with Crippen molar-refractivity contribution in [3.63, 3.8) is 0 Å². The van der Waals surface area contributed by atoms with Gasteiger partial charge < -0.3 is 25.6 Å². The van der Waals surface area contributed by atoms with Crippen molar-refractivity contribution in [2.75, 3.05) is 47.3 Å². The van der Waals surface area contributed by atoms with Gasteiger partial charge in [-0.25, -0.2) is 4.79 Å². The van der Waals surface area contributed by atoms with E-state index < -0.39 is 11.7 Å². The van der Waals surface area contributed by atoms with Gasteiger partial charge in [0.05, 0.1) is 0 Å². The van der Waals surface area contributed by atoms with Gasteiger partial charge in [0.15, 0.2) is 5.96 Å². The van der Waals surface area contributed by atoms with Crippen LogP contribution in [0.25, 0.3) is 0 Å². The fourth-order valence-electron chi connectivity index (χ4n) is 2.17. The van der Waals surface area contributed by atoms with Crippen LogP contribution in [0.5, 0.6) is 0 Å². The fraction of sp³-hybridized carbons (Fsp3) is 0.889. The van der Waals surface area contributed by atoms with E-state index in [1.54, 1.807) is 7.05 Å². The number of halogens is 1. The molecule has 0 aromatic rings. The van der Waals surface area contributed by atoms with Crippen molar-refractivity contribution in [1.82, 2.24) is 20.9 Å². The van der Waals surface area contributed by atoms with Crippen molar-refractivity contribution in [2.24, 2.45) is 4.99 Å². The number of carbonyl (C=O) groups excluding carboxylic acids is 1. The van der Waals surface area contributed by atoms with Gasteiger partial charge in [0.2, 0.25) is 0 Å². The first-order valence-corrected chi connectivity index (χ1v) is 9.30. The average molecular weight is 485 g/mol. The van der Waals surface area contributed by atoms with E-state index in [0.29, 0.717) is 13.1 Å². The Labute approximate surface area is 177 Å². The van der Waals surface area contributed by atoms with Gasteiger partial charge >= 0.3 is 6.09 Å². The Kier molecular flexibility index (Phi) is 17.3. The number of guanidine groups is 1. The zero-order valence-electron chi connectivity index (χ0n) is 17.5. The van der Waals surface area contributed by atoms with Gasteiger partial charge in [-0.1, -0.05) is 19.3 Å². The van der Waals surface area contributed by atoms with Crippen molar-refractivity contribution in [3.8, 4) is 0 Å². The minimum Gasteiger partial charge on any atom is -0.444 e. The highest BCUT2D eigenvalue weighted by atomic mass is 127. The van der Waals surface area contributed by atoms with E-state index in [-0.39, 0.29) is 24.0 Å². The van der Waals surface area contributed by atoms with Crippen LogP contribution in [0.15, 0.2) is 4.99 Å². The smallest absolute Gasteiger partial charge is 0.407 e. The Bertz CT molecular complexity index is 384. The highest BCUT2D eigenvalue weighted by Crippen LogP contribution is 2.06. The van der Waals surface area contributed by atoms with Gasteiger partial charge in [-0.2, -0.15) is 0 Å². The number of aliphatic imine (C=N–C) groups is 1. The van der Waals surface area contributed by atoms with Gasteiger partial charge in [-0.05, 0) is 54.3 Å². The molecular weight excluding hydrogens is 445 g/mol. The Hall–Kier alpha value is -0.770. The van der Waals surface area contributed by atoms with E-state index in [4.69, 9.17) is 4.74 Å². The van der Waals surface area contributed by atoms with Gasteiger partial charge in [-0.3, -0.25) is 4.99 Å². The summed E-state index contributed by atoms with van der Waals surface area (Å²) in [7, 11) is 5.98. The van der Waals surface area contributed by atoms with Gasteiger partial charge in [0.1, 0.15) is 5.60 Å². The summed E-state index contributed by atoms with van der Waals surface area (Å²) < 4.78 is 5.18. The van der Waals surface area contributed by atoms with Gasteiger partial charge in [0.25, 0.3) is 0 Å². The molecule has 26 heavy (non-hydrogen) atoms. The monoisotopic (exact) mass is 485 g/mol. The summed E-state index contributed by atoms with van der Waals surface area (Å²) in [6, 6.07) is 0. The first kappa shape index (κ1) is 27.4. The van der Waals surface area contributed by atoms with E-state index in [1.807, 2.05) is 20.8 Å². The molecule has 0 radical (unpaired) electrons. The lowest BCUT2D eigenvalue weighted by Gasteiger charge is -2.19. The van der Waals surface area contributed by atoms with Gasteiger partial charge in [-0.15, -0.1) is 24.0 Å². The zero-order chi connectivity index (χ0) is 19.1. The molecule has 7 nitrogen and oxygen atoms in total. The van der Waals surface area contributed by atoms with Crippen LogP contribution in [-0.4, -0.2) is 69.9 Å². The molecule has 156 valence electrons.